The number of nitrogens with one attached hydrogen (secondary N) is 1. The molecule has 1 aromatic carbocycles. The first-order valence-electron chi connectivity index (χ1n) is 7.80. The third kappa shape index (κ3) is 3.76. The van der Waals surface area contributed by atoms with Gasteiger partial charge >= 0.3 is 0 Å². The lowest BCUT2D eigenvalue weighted by molar-refractivity contribution is -0.131. The van der Waals surface area contributed by atoms with Crippen LogP contribution in [0.15, 0.2) is 34.9 Å². The number of benzene rings is 1. The predicted octanol–water partition coefficient (Wildman–Crippen LogP) is 2.23. The van der Waals surface area contributed by atoms with E-state index in [0.29, 0.717) is 17.1 Å². The van der Waals surface area contributed by atoms with Gasteiger partial charge in [0.25, 0.3) is 0 Å². The van der Waals surface area contributed by atoms with Crippen molar-refractivity contribution in [2.75, 3.05) is 20.1 Å². The van der Waals surface area contributed by atoms with Gasteiger partial charge in [0.15, 0.2) is 0 Å². The Morgan fingerprint density at radius 2 is 2.04 bits per heavy atom. The molecule has 0 spiro atoms. The van der Waals surface area contributed by atoms with Gasteiger partial charge < -0.3 is 14.6 Å². The molecule has 1 saturated heterocycles. The van der Waals surface area contributed by atoms with Crippen LogP contribution in [0, 0.1) is 5.82 Å². The second kappa shape index (κ2) is 6.91. The highest BCUT2D eigenvalue weighted by molar-refractivity contribution is 5.78. The van der Waals surface area contributed by atoms with Gasteiger partial charge in [0.2, 0.25) is 11.8 Å². The average Bonchev–Trinajstić information content (AvgIpc) is 3.04. The lowest BCUT2D eigenvalue weighted by Crippen LogP contribution is -2.44. The quantitative estimate of drug-likeness (QED) is 0.939. The molecular weight excluding hydrogens is 297 g/mol. The Balaban J connectivity index is 1.64. The molecule has 1 fully saturated rings. The summed E-state index contributed by atoms with van der Waals surface area (Å²) in [6.07, 6.45) is 3.65. The first kappa shape index (κ1) is 15.7. The lowest BCUT2D eigenvalue weighted by Gasteiger charge is -2.31. The molecule has 0 aliphatic carbocycles. The van der Waals surface area contributed by atoms with E-state index in [1.54, 1.807) is 12.1 Å². The molecule has 23 heavy (non-hydrogen) atoms. The van der Waals surface area contributed by atoms with Crippen LogP contribution in [0.3, 0.4) is 0 Å². The molecule has 1 aliphatic heterocycles. The molecule has 2 aromatic rings. The first-order chi connectivity index (χ1) is 11.1. The zero-order valence-corrected chi connectivity index (χ0v) is 13.1. The van der Waals surface area contributed by atoms with E-state index in [1.807, 2.05) is 11.9 Å². The summed E-state index contributed by atoms with van der Waals surface area (Å²) in [4.78, 5) is 18.5. The largest absolute Gasteiger partial charge is 0.444 e. The van der Waals surface area contributed by atoms with Crippen molar-refractivity contribution in [1.29, 1.82) is 0 Å². The molecular formula is C17H20FN3O2. The SMILES string of the molecule is CN(C(=O)Cc1coc(-c2ccc(F)cc2)n1)C1CCNCC1. The van der Waals surface area contributed by atoms with Gasteiger partial charge in [0, 0.05) is 18.7 Å². The van der Waals surface area contributed by atoms with E-state index in [-0.39, 0.29) is 24.2 Å². The number of oxazole rings is 1. The van der Waals surface area contributed by atoms with Gasteiger partial charge in [-0.2, -0.15) is 0 Å². The summed E-state index contributed by atoms with van der Waals surface area (Å²) in [5.41, 5.74) is 1.28. The zero-order valence-electron chi connectivity index (χ0n) is 13.1. The molecule has 1 N–H and O–H groups in total. The highest BCUT2D eigenvalue weighted by Crippen LogP contribution is 2.20. The maximum atomic E-state index is 12.9. The van der Waals surface area contributed by atoms with E-state index in [9.17, 15) is 9.18 Å². The number of nitrogens with zero attached hydrogens (tertiary/aromatic N) is 2. The second-order valence-corrected chi connectivity index (χ2v) is 5.81. The fraction of sp³-hybridized carbons (Fsp3) is 0.412. The van der Waals surface area contributed by atoms with Gasteiger partial charge in [-0.1, -0.05) is 0 Å². The molecule has 0 atom stereocenters. The number of carbonyl (C=O) groups excluding carboxylic acids is 1. The van der Waals surface area contributed by atoms with Crippen LogP contribution in [0.2, 0.25) is 0 Å². The highest BCUT2D eigenvalue weighted by atomic mass is 19.1. The number of amides is 1. The Morgan fingerprint density at radius 1 is 1.35 bits per heavy atom. The number of halogens is 1. The Labute approximate surface area is 134 Å². The van der Waals surface area contributed by atoms with Crippen molar-refractivity contribution in [2.24, 2.45) is 0 Å². The summed E-state index contributed by atoms with van der Waals surface area (Å²) < 4.78 is 18.3. The van der Waals surface area contributed by atoms with E-state index in [2.05, 4.69) is 10.3 Å². The van der Waals surface area contributed by atoms with Gasteiger partial charge in [0.1, 0.15) is 12.1 Å². The Morgan fingerprint density at radius 3 is 2.74 bits per heavy atom. The summed E-state index contributed by atoms with van der Waals surface area (Å²) in [5, 5.41) is 3.29. The molecule has 1 amide bonds. The third-order valence-electron chi connectivity index (χ3n) is 4.23. The fourth-order valence-electron chi connectivity index (χ4n) is 2.79. The lowest BCUT2D eigenvalue weighted by atomic mass is 10.0. The van der Waals surface area contributed by atoms with Crippen molar-refractivity contribution in [3.05, 3.63) is 42.0 Å². The van der Waals surface area contributed by atoms with E-state index in [4.69, 9.17) is 4.42 Å². The number of piperidine rings is 1. The fourth-order valence-corrected chi connectivity index (χ4v) is 2.79. The summed E-state index contributed by atoms with van der Waals surface area (Å²) in [5.74, 6) is 0.132. The van der Waals surface area contributed by atoms with E-state index < -0.39 is 0 Å². The molecule has 3 rings (SSSR count). The van der Waals surface area contributed by atoms with E-state index >= 15 is 0 Å². The molecule has 0 radical (unpaired) electrons. The number of aromatic nitrogens is 1. The molecule has 1 aliphatic rings. The Hall–Kier alpha value is -2.21. The van der Waals surface area contributed by atoms with Gasteiger partial charge in [-0.15, -0.1) is 0 Å². The predicted molar refractivity (Wildman–Crippen MR) is 84.3 cm³/mol. The van der Waals surface area contributed by atoms with Crippen LogP contribution in [0.1, 0.15) is 18.5 Å². The van der Waals surface area contributed by atoms with Crippen LogP contribution >= 0.6 is 0 Å². The van der Waals surface area contributed by atoms with Crippen molar-refractivity contribution < 1.29 is 13.6 Å². The molecule has 0 saturated carbocycles. The molecule has 122 valence electrons. The smallest absolute Gasteiger partial charge is 0.228 e. The van der Waals surface area contributed by atoms with Crippen LogP contribution < -0.4 is 5.32 Å². The van der Waals surface area contributed by atoms with Crippen LogP contribution in [0.5, 0.6) is 0 Å². The number of likely N-dealkylation sites (N-methyl/N-ethyl adjacent to an activating group) is 1. The molecule has 1 aromatic heterocycles. The van der Waals surface area contributed by atoms with Crippen molar-refractivity contribution in [2.45, 2.75) is 25.3 Å². The van der Waals surface area contributed by atoms with Crippen LogP contribution in [-0.4, -0.2) is 42.0 Å². The number of hydrogen-bond acceptors (Lipinski definition) is 4. The van der Waals surface area contributed by atoms with Crippen LogP contribution in [0.25, 0.3) is 11.5 Å². The molecule has 5 nitrogen and oxygen atoms in total. The molecule has 0 bridgehead atoms. The number of rotatable bonds is 4. The van der Waals surface area contributed by atoms with Crippen LogP contribution in [0.4, 0.5) is 4.39 Å². The molecule has 0 unspecified atom stereocenters. The van der Waals surface area contributed by atoms with Gasteiger partial charge in [-0.25, -0.2) is 9.37 Å². The second-order valence-electron chi connectivity index (χ2n) is 5.81. The van der Waals surface area contributed by atoms with Gasteiger partial charge in [-0.3, -0.25) is 4.79 Å². The van der Waals surface area contributed by atoms with Crippen molar-refractivity contribution in [1.82, 2.24) is 15.2 Å². The monoisotopic (exact) mass is 317 g/mol. The summed E-state index contributed by atoms with van der Waals surface area (Å²) in [6.45, 7) is 1.89. The van der Waals surface area contributed by atoms with Crippen molar-refractivity contribution in [3.8, 4) is 11.5 Å². The minimum Gasteiger partial charge on any atom is -0.444 e. The number of carbonyl (C=O) groups is 1. The standard InChI is InChI=1S/C17H20FN3O2/c1-21(15-6-8-19-9-7-15)16(22)10-14-11-23-17(20-14)12-2-4-13(18)5-3-12/h2-5,11,15,19H,6-10H2,1H3. The number of hydrogen-bond donors (Lipinski definition) is 1. The van der Waals surface area contributed by atoms with Gasteiger partial charge in [-0.05, 0) is 50.2 Å². The van der Waals surface area contributed by atoms with E-state index in [1.165, 1.54) is 18.4 Å². The third-order valence-corrected chi connectivity index (χ3v) is 4.23. The summed E-state index contributed by atoms with van der Waals surface area (Å²) in [7, 11) is 1.85. The van der Waals surface area contributed by atoms with Crippen molar-refractivity contribution >= 4 is 5.91 Å². The Bertz CT molecular complexity index is 663. The minimum absolute atomic E-state index is 0.0378. The maximum absolute atomic E-state index is 12.9. The molecule has 2 heterocycles. The summed E-state index contributed by atoms with van der Waals surface area (Å²) >= 11 is 0. The highest BCUT2D eigenvalue weighted by Gasteiger charge is 2.22. The Kier molecular flexibility index (Phi) is 4.71. The topological polar surface area (TPSA) is 58.4 Å². The maximum Gasteiger partial charge on any atom is 0.228 e. The molecule has 6 heteroatoms. The van der Waals surface area contributed by atoms with Crippen molar-refractivity contribution in [3.63, 3.8) is 0 Å². The zero-order chi connectivity index (χ0) is 16.2. The average molecular weight is 317 g/mol. The van der Waals surface area contributed by atoms with E-state index in [0.717, 1.165) is 25.9 Å². The normalized spacial score (nSPS) is 15.6. The van der Waals surface area contributed by atoms with Crippen LogP contribution in [-0.2, 0) is 11.2 Å². The first-order valence-corrected chi connectivity index (χ1v) is 7.80. The minimum atomic E-state index is -0.306. The van der Waals surface area contributed by atoms with Gasteiger partial charge in [0.05, 0.1) is 12.1 Å². The summed E-state index contributed by atoms with van der Waals surface area (Å²) in [6, 6.07) is 6.21.